The number of nitrogens with zero attached hydrogens (tertiary/aromatic N) is 2. The summed E-state index contributed by atoms with van der Waals surface area (Å²) < 4.78 is 78.3. The fourth-order valence-electron chi connectivity index (χ4n) is 7.08. The van der Waals surface area contributed by atoms with Gasteiger partial charge in [0, 0.05) is 18.5 Å². The summed E-state index contributed by atoms with van der Waals surface area (Å²) in [6.07, 6.45) is 1.03. The lowest BCUT2D eigenvalue weighted by atomic mass is 9.56. The molecule has 4 aliphatic rings. The summed E-state index contributed by atoms with van der Waals surface area (Å²) in [6, 6.07) is 5.99. The van der Waals surface area contributed by atoms with E-state index in [0.29, 0.717) is 5.57 Å². The fourth-order valence-corrected chi connectivity index (χ4v) is 8.00. The van der Waals surface area contributed by atoms with Crippen molar-refractivity contribution >= 4 is 52.5 Å². The largest absolute Gasteiger partial charge is 0.491 e. The first-order chi connectivity index (χ1) is 20.7. The second-order valence-electron chi connectivity index (χ2n) is 11.0. The van der Waals surface area contributed by atoms with E-state index in [9.17, 15) is 37.5 Å². The molecule has 6 unspecified atom stereocenters. The van der Waals surface area contributed by atoms with Crippen molar-refractivity contribution in [1.82, 2.24) is 4.90 Å². The number of fused-ring (bicyclic) bond motifs is 4. The van der Waals surface area contributed by atoms with Crippen LogP contribution in [0.15, 0.2) is 35.9 Å². The number of halogens is 7. The van der Waals surface area contributed by atoms with Crippen molar-refractivity contribution in [3.63, 3.8) is 0 Å². The number of amides is 4. The molecule has 232 valence electrons. The average Bonchev–Trinajstić information content (AvgIpc) is 3.32. The summed E-state index contributed by atoms with van der Waals surface area (Å²) >= 11 is 14.1. The van der Waals surface area contributed by atoms with Gasteiger partial charge in [-0.15, -0.1) is 23.2 Å². The molecule has 1 saturated carbocycles. The number of hydrogen-bond donors (Lipinski definition) is 1. The minimum atomic E-state index is -2.66. The molecule has 2 aliphatic carbocycles. The smallest absolute Gasteiger partial charge is 0.258 e. The SMILES string of the molecule is CN1C(=O)C2CC=C3C(CC4(Cl)C(=O)N(c5c(F)c(F)c(F)c(F)c5F)C(=O)C4(Cl)C3c3ccccc3OCCO)C2C1=O. The lowest BCUT2D eigenvalue weighted by molar-refractivity contribution is -0.138. The molecule has 0 spiro atoms. The molecule has 0 bridgehead atoms. The van der Waals surface area contributed by atoms with Crippen molar-refractivity contribution in [2.24, 2.45) is 17.8 Å². The van der Waals surface area contributed by atoms with Crippen LogP contribution in [0, 0.1) is 46.8 Å². The Morgan fingerprint density at radius 2 is 1.52 bits per heavy atom. The van der Waals surface area contributed by atoms with Gasteiger partial charge in [-0.2, -0.15) is 0 Å². The third kappa shape index (κ3) is 3.72. The highest BCUT2D eigenvalue weighted by Gasteiger charge is 2.77. The normalized spacial score (nSPS) is 31.2. The van der Waals surface area contributed by atoms with E-state index in [1.807, 2.05) is 0 Å². The molecule has 44 heavy (non-hydrogen) atoms. The lowest BCUT2D eigenvalue weighted by Crippen LogP contribution is -2.60. The molecule has 2 aromatic carbocycles. The molecule has 0 radical (unpaired) electrons. The van der Waals surface area contributed by atoms with Crippen LogP contribution in [-0.4, -0.2) is 63.6 Å². The highest BCUT2D eigenvalue weighted by Crippen LogP contribution is 2.66. The number of anilines is 1. The molecule has 8 nitrogen and oxygen atoms in total. The van der Waals surface area contributed by atoms with E-state index in [1.54, 1.807) is 12.1 Å². The number of aliphatic hydroxyl groups excluding tert-OH is 1. The van der Waals surface area contributed by atoms with Gasteiger partial charge in [0.1, 0.15) is 18.0 Å². The number of alkyl halides is 2. The van der Waals surface area contributed by atoms with Crippen molar-refractivity contribution in [2.45, 2.75) is 28.5 Å². The highest BCUT2D eigenvalue weighted by atomic mass is 35.5. The van der Waals surface area contributed by atoms with Crippen LogP contribution in [0.5, 0.6) is 5.75 Å². The summed E-state index contributed by atoms with van der Waals surface area (Å²) in [5.41, 5.74) is -1.42. The molecule has 3 fully saturated rings. The number of rotatable bonds is 5. The second kappa shape index (κ2) is 10.2. The molecule has 2 saturated heterocycles. The Morgan fingerprint density at radius 3 is 2.16 bits per heavy atom. The summed E-state index contributed by atoms with van der Waals surface area (Å²) in [7, 11) is 1.29. The molecule has 2 aliphatic heterocycles. The van der Waals surface area contributed by atoms with E-state index < -0.39 is 105 Å². The van der Waals surface area contributed by atoms with Gasteiger partial charge in [0.15, 0.2) is 33.0 Å². The van der Waals surface area contributed by atoms with Gasteiger partial charge in [0.05, 0.1) is 18.4 Å². The van der Waals surface area contributed by atoms with Crippen LogP contribution in [0.3, 0.4) is 0 Å². The Labute approximate surface area is 255 Å². The predicted molar refractivity (Wildman–Crippen MR) is 143 cm³/mol. The summed E-state index contributed by atoms with van der Waals surface area (Å²) in [5.74, 6) is -20.8. The van der Waals surface area contributed by atoms with Crippen molar-refractivity contribution in [3.8, 4) is 5.75 Å². The molecule has 1 N–H and O–H groups in total. The number of likely N-dealkylation sites (tertiary alicyclic amines) is 1. The molecule has 6 rings (SSSR count). The Morgan fingerprint density at radius 1 is 0.909 bits per heavy atom. The minimum absolute atomic E-state index is 0.0350. The molecule has 0 aromatic heterocycles. The van der Waals surface area contributed by atoms with Crippen LogP contribution in [0.25, 0.3) is 0 Å². The van der Waals surface area contributed by atoms with Crippen LogP contribution in [0.4, 0.5) is 27.6 Å². The molecule has 4 amide bonds. The maximum absolute atomic E-state index is 15.1. The second-order valence-corrected chi connectivity index (χ2v) is 12.3. The number of carbonyl (C=O) groups excluding carboxylic acids is 4. The maximum Gasteiger partial charge on any atom is 0.258 e. The first kappa shape index (κ1) is 30.5. The third-order valence-corrected chi connectivity index (χ3v) is 10.4. The van der Waals surface area contributed by atoms with Gasteiger partial charge in [0.2, 0.25) is 17.6 Å². The quantitative estimate of drug-likeness (QED) is 0.130. The number of allylic oxidation sites excluding steroid dienone is 2. The van der Waals surface area contributed by atoms with Gasteiger partial charge in [-0.05, 0) is 24.8 Å². The first-order valence-corrected chi connectivity index (χ1v) is 14.1. The first-order valence-electron chi connectivity index (χ1n) is 13.4. The average molecular weight is 659 g/mol. The zero-order chi connectivity index (χ0) is 32.0. The van der Waals surface area contributed by atoms with Gasteiger partial charge >= 0.3 is 0 Å². The number of imide groups is 2. The van der Waals surface area contributed by atoms with Gasteiger partial charge in [0.25, 0.3) is 11.8 Å². The minimum Gasteiger partial charge on any atom is -0.491 e. The van der Waals surface area contributed by atoms with Crippen LogP contribution in [0.1, 0.15) is 24.3 Å². The molecule has 2 heterocycles. The van der Waals surface area contributed by atoms with Crippen LogP contribution in [0.2, 0.25) is 0 Å². The maximum atomic E-state index is 15.1. The molecular formula is C29H21Cl2F5N2O6. The Balaban J connectivity index is 1.62. The van der Waals surface area contributed by atoms with Gasteiger partial charge < -0.3 is 9.84 Å². The molecular weight excluding hydrogens is 638 g/mol. The van der Waals surface area contributed by atoms with E-state index >= 15 is 8.78 Å². The van der Waals surface area contributed by atoms with Crippen molar-refractivity contribution in [1.29, 1.82) is 0 Å². The van der Waals surface area contributed by atoms with Crippen LogP contribution < -0.4 is 9.64 Å². The highest BCUT2D eigenvalue weighted by molar-refractivity contribution is 6.58. The number of hydrogen-bond acceptors (Lipinski definition) is 6. The Hall–Kier alpha value is -3.55. The number of carbonyl (C=O) groups is 4. The Bertz CT molecular complexity index is 1680. The van der Waals surface area contributed by atoms with E-state index in [2.05, 4.69) is 0 Å². The topological polar surface area (TPSA) is 104 Å². The molecule has 15 heteroatoms. The molecule has 2 aromatic rings. The van der Waals surface area contributed by atoms with Crippen LogP contribution >= 0.6 is 23.2 Å². The summed E-state index contributed by atoms with van der Waals surface area (Å²) in [6.45, 7) is -0.645. The van der Waals surface area contributed by atoms with Crippen molar-refractivity contribution in [3.05, 3.63) is 70.6 Å². The van der Waals surface area contributed by atoms with Crippen molar-refractivity contribution < 1.29 is 51.0 Å². The number of ether oxygens (including phenoxy) is 1. The monoisotopic (exact) mass is 658 g/mol. The van der Waals surface area contributed by atoms with Gasteiger partial charge in [-0.25, -0.2) is 26.9 Å². The zero-order valence-electron chi connectivity index (χ0n) is 22.6. The van der Waals surface area contributed by atoms with E-state index in [0.717, 1.165) is 4.90 Å². The third-order valence-electron chi connectivity index (χ3n) is 9.02. The van der Waals surface area contributed by atoms with E-state index in [4.69, 9.17) is 27.9 Å². The van der Waals surface area contributed by atoms with E-state index in [1.165, 1.54) is 25.2 Å². The standard InChI is InChI=1S/C29H21Cl2F5N2O6/c1-37-24(40)13-7-6-11-14(16(13)25(37)41)10-28(30)26(42)38(23-21(35)19(33)18(32)20(34)22(23)36)27(43)29(28,31)17(11)12-4-2-3-5-15(12)44-9-8-39/h2-6,13-14,16-17,39H,7-10H2,1H3. The molecule has 6 atom stereocenters. The summed E-state index contributed by atoms with van der Waals surface area (Å²) in [4.78, 5) is 50.0. The van der Waals surface area contributed by atoms with Crippen LogP contribution in [-0.2, 0) is 19.2 Å². The number of aliphatic hydroxyl groups is 1. The predicted octanol–water partition coefficient (Wildman–Crippen LogP) is 3.95. The number of benzene rings is 2. The van der Waals surface area contributed by atoms with Crippen molar-refractivity contribution in [2.75, 3.05) is 25.2 Å². The zero-order valence-corrected chi connectivity index (χ0v) is 24.1. The lowest BCUT2D eigenvalue weighted by Gasteiger charge is -2.50. The number of para-hydroxylation sites is 1. The van der Waals surface area contributed by atoms with E-state index in [-0.39, 0.29) is 29.2 Å². The fraction of sp³-hybridized carbons (Fsp3) is 0.379. The van der Waals surface area contributed by atoms with Gasteiger partial charge in [-0.1, -0.05) is 29.8 Å². The summed E-state index contributed by atoms with van der Waals surface area (Å²) in [5, 5.41) is 9.37. The Kier molecular flexibility index (Phi) is 7.10. The van der Waals surface area contributed by atoms with Gasteiger partial charge in [-0.3, -0.25) is 24.1 Å².